The van der Waals surface area contributed by atoms with Gasteiger partial charge in [-0.05, 0) is 26.0 Å². The molecule has 0 unspecified atom stereocenters. The summed E-state index contributed by atoms with van der Waals surface area (Å²) in [6.07, 6.45) is 0.991. The third kappa shape index (κ3) is 3.58. The highest BCUT2D eigenvalue weighted by Gasteiger charge is 2.20. The molecule has 0 bridgehead atoms. The molecule has 0 spiro atoms. The molecule has 1 heterocycles. The van der Waals surface area contributed by atoms with E-state index in [2.05, 4.69) is 4.98 Å². The van der Waals surface area contributed by atoms with Crippen molar-refractivity contribution in [3.63, 3.8) is 0 Å². The number of pyridine rings is 1. The van der Waals surface area contributed by atoms with Crippen LogP contribution in [0.3, 0.4) is 0 Å². The lowest BCUT2D eigenvalue weighted by Crippen LogP contribution is -2.39. The number of nitrogens with zero attached hydrogens (tertiary/aromatic N) is 2. The van der Waals surface area contributed by atoms with E-state index in [9.17, 15) is 14.3 Å². The van der Waals surface area contributed by atoms with E-state index in [1.165, 1.54) is 17.0 Å². The average Bonchev–Trinajstić information content (AvgIpc) is 2.15. The Morgan fingerprint density at radius 3 is 2.62 bits per heavy atom. The second-order valence-electron chi connectivity index (χ2n) is 4.34. The number of aromatic nitrogens is 1. The van der Waals surface area contributed by atoms with Crippen molar-refractivity contribution < 1.29 is 14.3 Å². The van der Waals surface area contributed by atoms with Crippen molar-refractivity contribution >= 4 is 5.91 Å². The van der Waals surface area contributed by atoms with Crippen LogP contribution >= 0.6 is 0 Å². The van der Waals surface area contributed by atoms with Crippen LogP contribution in [-0.2, 0) is 0 Å². The molecule has 5 heteroatoms. The number of likely N-dealkylation sites (N-methyl/N-ethyl adjacent to an activating group) is 1. The fourth-order valence-electron chi connectivity index (χ4n) is 1.35. The Labute approximate surface area is 93.7 Å². The number of halogens is 1. The number of hydrogen-bond acceptors (Lipinski definition) is 3. The minimum Gasteiger partial charge on any atom is -0.389 e. The number of carbonyl (C=O) groups is 1. The van der Waals surface area contributed by atoms with Crippen LogP contribution in [0.15, 0.2) is 18.3 Å². The second-order valence-corrected chi connectivity index (χ2v) is 4.34. The third-order valence-corrected chi connectivity index (χ3v) is 1.92. The molecule has 0 atom stereocenters. The van der Waals surface area contributed by atoms with Crippen molar-refractivity contribution in [1.29, 1.82) is 0 Å². The average molecular weight is 226 g/mol. The van der Waals surface area contributed by atoms with E-state index in [-0.39, 0.29) is 18.1 Å². The zero-order chi connectivity index (χ0) is 12.3. The number of amides is 1. The molecule has 1 amide bonds. The van der Waals surface area contributed by atoms with Gasteiger partial charge in [-0.3, -0.25) is 4.79 Å². The maximum absolute atomic E-state index is 12.6. The molecule has 0 aliphatic heterocycles. The largest absolute Gasteiger partial charge is 0.389 e. The Kier molecular flexibility index (Phi) is 3.59. The van der Waals surface area contributed by atoms with Crippen LogP contribution in [0.5, 0.6) is 0 Å². The van der Waals surface area contributed by atoms with Crippen LogP contribution in [0, 0.1) is 5.82 Å². The molecular weight excluding hydrogens is 211 g/mol. The third-order valence-electron chi connectivity index (χ3n) is 1.92. The maximum Gasteiger partial charge on any atom is 0.272 e. The summed E-state index contributed by atoms with van der Waals surface area (Å²) in [5.74, 6) is -0.830. The highest BCUT2D eigenvalue weighted by atomic mass is 19.1. The summed E-state index contributed by atoms with van der Waals surface area (Å²) in [7, 11) is 1.56. The number of rotatable bonds is 3. The number of hydrogen-bond donors (Lipinski definition) is 1. The molecule has 16 heavy (non-hydrogen) atoms. The Balaban J connectivity index is 2.74. The van der Waals surface area contributed by atoms with Crippen molar-refractivity contribution in [3.05, 3.63) is 29.8 Å². The first kappa shape index (κ1) is 12.6. The van der Waals surface area contributed by atoms with E-state index in [1.54, 1.807) is 20.9 Å². The molecule has 0 fully saturated rings. The lowest BCUT2D eigenvalue weighted by atomic mass is 10.1. The molecule has 1 aromatic rings. The minimum absolute atomic E-state index is 0.160. The SMILES string of the molecule is CN(CC(C)(C)O)C(=O)c1ccc(F)cn1. The smallest absolute Gasteiger partial charge is 0.272 e. The van der Waals surface area contributed by atoms with Gasteiger partial charge in [0.25, 0.3) is 5.91 Å². The normalized spacial score (nSPS) is 11.3. The van der Waals surface area contributed by atoms with Crippen LogP contribution in [0.25, 0.3) is 0 Å². The molecule has 0 aliphatic carbocycles. The predicted molar refractivity (Wildman–Crippen MR) is 57.5 cm³/mol. The van der Waals surface area contributed by atoms with Crippen molar-refractivity contribution in [1.82, 2.24) is 9.88 Å². The molecule has 1 N–H and O–H groups in total. The lowest BCUT2D eigenvalue weighted by Gasteiger charge is -2.25. The molecular formula is C11H15FN2O2. The van der Waals surface area contributed by atoms with Gasteiger partial charge in [0, 0.05) is 13.6 Å². The van der Waals surface area contributed by atoms with Gasteiger partial charge in [-0.2, -0.15) is 0 Å². The van der Waals surface area contributed by atoms with Gasteiger partial charge in [0.1, 0.15) is 11.5 Å². The zero-order valence-electron chi connectivity index (χ0n) is 9.57. The highest BCUT2D eigenvalue weighted by Crippen LogP contribution is 2.07. The van der Waals surface area contributed by atoms with Crippen molar-refractivity contribution in [2.24, 2.45) is 0 Å². The molecule has 88 valence electrons. The van der Waals surface area contributed by atoms with Gasteiger partial charge in [-0.25, -0.2) is 9.37 Å². The Morgan fingerprint density at radius 2 is 2.19 bits per heavy atom. The van der Waals surface area contributed by atoms with E-state index < -0.39 is 11.4 Å². The van der Waals surface area contributed by atoms with Crippen LogP contribution in [-0.4, -0.2) is 40.1 Å². The topological polar surface area (TPSA) is 53.4 Å². The van der Waals surface area contributed by atoms with Crippen LogP contribution < -0.4 is 0 Å². The molecule has 0 saturated carbocycles. The second kappa shape index (κ2) is 4.57. The summed E-state index contributed by atoms with van der Waals surface area (Å²) in [6.45, 7) is 3.40. The first-order valence-electron chi connectivity index (χ1n) is 4.89. The molecule has 1 rings (SSSR count). The minimum atomic E-state index is -0.968. The molecule has 4 nitrogen and oxygen atoms in total. The van der Waals surface area contributed by atoms with E-state index in [1.807, 2.05) is 0 Å². The summed E-state index contributed by atoms with van der Waals surface area (Å²) in [6, 6.07) is 2.50. The quantitative estimate of drug-likeness (QED) is 0.838. The Morgan fingerprint density at radius 1 is 1.56 bits per heavy atom. The standard InChI is InChI=1S/C11H15FN2O2/c1-11(2,16)7-14(3)10(15)9-5-4-8(12)6-13-9/h4-6,16H,7H2,1-3H3. The van der Waals surface area contributed by atoms with E-state index in [4.69, 9.17) is 0 Å². The van der Waals surface area contributed by atoms with E-state index in [0.29, 0.717) is 0 Å². The van der Waals surface area contributed by atoms with Gasteiger partial charge in [0.05, 0.1) is 11.8 Å². The van der Waals surface area contributed by atoms with Gasteiger partial charge in [0.15, 0.2) is 0 Å². The first-order chi connectivity index (χ1) is 7.29. The molecule has 0 aliphatic rings. The van der Waals surface area contributed by atoms with Crippen molar-refractivity contribution in [2.45, 2.75) is 19.4 Å². The van der Waals surface area contributed by atoms with Gasteiger partial charge < -0.3 is 10.0 Å². The fourth-order valence-corrected chi connectivity index (χ4v) is 1.35. The summed E-state index contributed by atoms with van der Waals surface area (Å²) in [4.78, 5) is 16.8. The van der Waals surface area contributed by atoms with Gasteiger partial charge in [-0.1, -0.05) is 0 Å². The van der Waals surface area contributed by atoms with Gasteiger partial charge in [0.2, 0.25) is 0 Å². The predicted octanol–water partition coefficient (Wildman–Crippen LogP) is 1.06. The van der Waals surface area contributed by atoms with E-state index in [0.717, 1.165) is 6.20 Å². The van der Waals surface area contributed by atoms with Gasteiger partial charge in [-0.15, -0.1) is 0 Å². The fraction of sp³-hybridized carbons (Fsp3) is 0.455. The van der Waals surface area contributed by atoms with Crippen LogP contribution in [0.4, 0.5) is 4.39 Å². The van der Waals surface area contributed by atoms with E-state index >= 15 is 0 Å². The van der Waals surface area contributed by atoms with Crippen molar-refractivity contribution in [2.75, 3.05) is 13.6 Å². The summed E-state index contributed by atoms with van der Waals surface area (Å²) >= 11 is 0. The molecule has 0 radical (unpaired) electrons. The number of carbonyl (C=O) groups excluding carboxylic acids is 1. The van der Waals surface area contributed by atoms with Crippen LogP contribution in [0.2, 0.25) is 0 Å². The van der Waals surface area contributed by atoms with Crippen molar-refractivity contribution in [3.8, 4) is 0 Å². The molecule has 0 saturated heterocycles. The zero-order valence-corrected chi connectivity index (χ0v) is 9.57. The first-order valence-corrected chi connectivity index (χ1v) is 4.89. The Bertz CT molecular complexity index is 371. The summed E-state index contributed by atoms with van der Waals surface area (Å²) in [5.41, 5.74) is -0.807. The molecule has 0 aromatic carbocycles. The lowest BCUT2D eigenvalue weighted by molar-refractivity contribution is 0.0365. The highest BCUT2D eigenvalue weighted by molar-refractivity contribution is 5.92. The Hall–Kier alpha value is -1.49. The van der Waals surface area contributed by atoms with Gasteiger partial charge >= 0.3 is 0 Å². The van der Waals surface area contributed by atoms with Crippen LogP contribution in [0.1, 0.15) is 24.3 Å². The molecule has 1 aromatic heterocycles. The number of aliphatic hydroxyl groups is 1. The monoisotopic (exact) mass is 226 g/mol. The summed E-state index contributed by atoms with van der Waals surface area (Å²) in [5, 5.41) is 9.55. The maximum atomic E-state index is 12.6. The summed E-state index contributed by atoms with van der Waals surface area (Å²) < 4.78 is 12.6.